The molecule has 3 heteroatoms. The summed E-state index contributed by atoms with van der Waals surface area (Å²) in [7, 11) is -2.49. The van der Waals surface area contributed by atoms with E-state index in [2.05, 4.69) is 0 Å². The minimum absolute atomic E-state index is 0.543. The van der Waals surface area contributed by atoms with Crippen molar-refractivity contribution in [1.29, 1.82) is 0 Å². The Morgan fingerprint density at radius 3 is 1.95 bits per heavy atom. The van der Waals surface area contributed by atoms with Gasteiger partial charge in [-0.3, -0.25) is 0 Å². The summed E-state index contributed by atoms with van der Waals surface area (Å²) in [5, 5.41) is 2.54. The van der Waals surface area contributed by atoms with Gasteiger partial charge in [-0.05, 0) is 18.6 Å². The van der Waals surface area contributed by atoms with Gasteiger partial charge in [0.15, 0.2) is 0 Å². The van der Waals surface area contributed by atoms with E-state index in [4.69, 9.17) is 0 Å². The lowest BCUT2D eigenvalue weighted by Gasteiger charge is -2.22. The van der Waals surface area contributed by atoms with E-state index in [1.165, 1.54) is 18.6 Å². The standard InChI is InChI=1S/C17H19OPS/c18-19(14-17-12-7-13-20-17,15-8-3-1-4-9-15)16-10-5-2-6-11-16/h1-6,8-11,17H,7,12-14H2. The molecule has 1 atom stereocenters. The molecule has 1 unspecified atom stereocenters. The molecule has 20 heavy (non-hydrogen) atoms. The zero-order chi connectivity index (χ0) is 13.8. The number of rotatable bonds is 4. The maximum atomic E-state index is 13.8. The minimum Gasteiger partial charge on any atom is -0.314 e. The highest BCUT2D eigenvalue weighted by Gasteiger charge is 2.32. The van der Waals surface area contributed by atoms with E-state index in [1.54, 1.807) is 0 Å². The Labute approximate surface area is 125 Å². The van der Waals surface area contributed by atoms with Gasteiger partial charge in [0.2, 0.25) is 0 Å². The lowest BCUT2D eigenvalue weighted by atomic mass is 10.3. The van der Waals surface area contributed by atoms with Crippen LogP contribution in [0.25, 0.3) is 0 Å². The van der Waals surface area contributed by atoms with E-state index >= 15 is 0 Å². The average molecular weight is 302 g/mol. The fraction of sp³-hybridized carbons (Fsp3) is 0.294. The smallest absolute Gasteiger partial charge is 0.144 e. The van der Waals surface area contributed by atoms with Gasteiger partial charge in [-0.25, -0.2) is 0 Å². The zero-order valence-corrected chi connectivity index (χ0v) is 13.2. The Bertz CT molecular complexity index is 547. The molecule has 0 amide bonds. The number of benzene rings is 2. The molecule has 2 aromatic carbocycles. The molecule has 104 valence electrons. The summed E-state index contributed by atoms with van der Waals surface area (Å²) in [6.07, 6.45) is 3.26. The molecule has 0 radical (unpaired) electrons. The fourth-order valence-corrected chi connectivity index (χ4v) is 7.61. The van der Waals surface area contributed by atoms with Gasteiger partial charge in [-0.1, -0.05) is 60.7 Å². The highest BCUT2D eigenvalue weighted by Crippen LogP contribution is 2.47. The van der Waals surface area contributed by atoms with Gasteiger partial charge < -0.3 is 4.57 Å². The first kappa shape index (κ1) is 14.0. The van der Waals surface area contributed by atoms with Crippen molar-refractivity contribution >= 4 is 29.5 Å². The van der Waals surface area contributed by atoms with Crippen molar-refractivity contribution in [1.82, 2.24) is 0 Å². The lowest BCUT2D eigenvalue weighted by molar-refractivity contribution is 0.585. The van der Waals surface area contributed by atoms with Crippen LogP contribution in [0.3, 0.4) is 0 Å². The van der Waals surface area contributed by atoms with E-state index in [-0.39, 0.29) is 0 Å². The van der Waals surface area contributed by atoms with Gasteiger partial charge in [-0.2, -0.15) is 11.8 Å². The van der Waals surface area contributed by atoms with Gasteiger partial charge in [0.25, 0.3) is 0 Å². The van der Waals surface area contributed by atoms with Crippen LogP contribution in [0.5, 0.6) is 0 Å². The summed E-state index contributed by atoms with van der Waals surface area (Å²) in [5.74, 6) is 1.22. The van der Waals surface area contributed by atoms with Crippen LogP contribution in [0, 0.1) is 0 Å². The first-order valence-electron chi connectivity index (χ1n) is 7.11. The summed E-state index contributed by atoms with van der Waals surface area (Å²) in [4.78, 5) is 0. The van der Waals surface area contributed by atoms with Gasteiger partial charge in [0, 0.05) is 22.0 Å². The lowest BCUT2D eigenvalue weighted by Crippen LogP contribution is -2.22. The Hall–Kier alpha value is -0.980. The van der Waals surface area contributed by atoms with Crippen LogP contribution < -0.4 is 10.6 Å². The van der Waals surface area contributed by atoms with Crippen LogP contribution in [0.4, 0.5) is 0 Å². The van der Waals surface area contributed by atoms with Gasteiger partial charge in [0.1, 0.15) is 7.14 Å². The van der Waals surface area contributed by atoms with Crippen LogP contribution in [-0.2, 0) is 4.57 Å². The molecule has 1 heterocycles. The van der Waals surface area contributed by atoms with Crippen LogP contribution in [0.1, 0.15) is 12.8 Å². The molecule has 0 N–H and O–H groups in total. The third-order valence-corrected chi connectivity index (χ3v) is 8.70. The second-order valence-electron chi connectivity index (χ2n) is 5.23. The first-order valence-corrected chi connectivity index (χ1v) is 10.0. The second kappa shape index (κ2) is 6.20. The van der Waals surface area contributed by atoms with E-state index < -0.39 is 7.14 Å². The molecule has 0 aliphatic carbocycles. The maximum Gasteiger partial charge on any atom is 0.144 e. The highest BCUT2D eigenvalue weighted by molar-refractivity contribution is 8.00. The van der Waals surface area contributed by atoms with E-state index in [0.29, 0.717) is 5.25 Å². The summed E-state index contributed by atoms with van der Waals surface area (Å²) in [6.45, 7) is 0. The van der Waals surface area contributed by atoms with E-state index in [9.17, 15) is 4.57 Å². The maximum absolute atomic E-state index is 13.8. The Morgan fingerprint density at radius 2 is 1.50 bits per heavy atom. The van der Waals surface area contributed by atoms with Crippen molar-refractivity contribution in [3.63, 3.8) is 0 Å². The van der Waals surface area contributed by atoms with Gasteiger partial charge in [-0.15, -0.1) is 0 Å². The summed E-state index contributed by atoms with van der Waals surface area (Å²) >= 11 is 1.99. The van der Waals surface area contributed by atoms with E-state index in [1.807, 2.05) is 72.4 Å². The number of thioether (sulfide) groups is 1. The molecule has 0 spiro atoms. The molecule has 0 aromatic heterocycles. The van der Waals surface area contributed by atoms with E-state index in [0.717, 1.165) is 16.8 Å². The topological polar surface area (TPSA) is 17.1 Å². The Balaban J connectivity index is 2.00. The van der Waals surface area contributed by atoms with Crippen molar-refractivity contribution in [2.75, 3.05) is 11.9 Å². The normalized spacial score (nSPS) is 19.1. The molecule has 1 saturated heterocycles. The van der Waals surface area contributed by atoms with Crippen molar-refractivity contribution in [3.05, 3.63) is 60.7 Å². The molecular weight excluding hydrogens is 283 g/mol. The Kier molecular flexibility index (Phi) is 4.33. The number of hydrogen-bond donors (Lipinski definition) is 0. The minimum atomic E-state index is -2.49. The second-order valence-corrected chi connectivity index (χ2v) is 9.51. The van der Waals surface area contributed by atoms with Crippen molar-refractivity contribution < 1.29 is 4.57 Å². The largest absolute Gasteiger partial charge is 0.314 e. The predicted octanol–water partition coefficient (Wildman–Crippen LogP) is 3.90. The molecule has 1 nitrogen and oxygen atoms in total. The van der Waals surface area contributed by atoms with Crippen molar-refractivity contribution in [3.8, 4) is 0 Å². The van der Waals surface area contributed by atoms with Crippen LogP contribution in [-0.4, -0.2) is 17.2 Å². The molecule has 1 aliphatic rings. The van der Waals surface area contributed by atoms with Crippen molar-refractivity contribution in [2.45, 2.75) is 18.1 Å². The molecule has 1 aliphatic heterocycles. The third kappa shape index (κ3) is 2.87. The monoisotopic (exact) mass is 302 g/mol. The molecule has 2 aromatic rings. The van der Waals surface area contributed by atoms with Crippen LogP contribution in [0.2, 0.25) is 0 Å². The molecule has 0 bridgehead atoms. The third-order valence-electron chi connectivity index (χ3n) is 3.83. The summed E-state index contributed by atoms with van der Waals surface area (Å²) in [6, 6.07) is 20.0. The number of hydrogen-bond acceptors (Lipinski definition) is 2. The molecule has 1 fully saturated rings. The molecule has 3 rings (SSSR count). The van der Waals surface area contributed by atoms with Gasteiger partial charge in [0.05, 0.1) is 0 Å². The highest BCUT2D eigenvalue weighted by atomic mass is 32.2. The molecular formula is C17H19OPS. The molecule has 0 saturated carbocycles. The SMILES string of the molecule is O=P(CC1CCCS1)(c1ccccc1)c1ccccc1. The summed E-state index contributed by atoms with van der Waals surface area (Å²) < 4.78 is 13.8. The quantitative estimate of drug-likeness (QED) is 0.797. The van der Waals surface area contributed by atoms with Gasteiger partial charge >= 0.3 is 0 Å². The van der Waals surface area contributed by atoms with Crippen LogP contribution in [0.15, 0.2) is 60.7 Å². The predicted molar refractivity (Wildman–Crippen MR) is 90.1 cm³/mol. The Morgan fingerprint density at radius 1 is 0.950 bits per heavy atom. The fourth-order valence-electron chi connectivity index (χ4n) is 2.77. The average Bonchev–Trinajstić information content (AvgIpc) is 3.02. The van der Waals surface area contributed by atoms with Crippen LogP contribution >= 0.6 is 18.9 Å². The zero-order valence-electron chi connectivity index (χ0n) is 11.4. The summed E-state index contributed by atoms with van der Waals surface area (Å²) in [5.41, 5.74) is 0. The first-order chi connectivity index (χ1) is 9.79. The van der Waals surface area contributed by atoms with Crippen molar-refractivity contribution in [2.24, 2.45) is 0 Å².